The fraction of sp³-hybridized carbons (Fsp3) is 0.312. The molecule has 0 atom stereocenters. The topological polar surface area (TPSA) is 33.5 Å². The van der Waals surface area contributed by atoms with E-state index in [9.17, 15) is 4.79 Å². The molecule has 0 spiro atoms. The van der Waals surface area contributed by atoms with Crippen molar-refractivity contribution in [3.05, 3.63) is 48.2 Å². The summed E-state index contributed by atoms with van der Waals surface area (Å²) in [5.41, 5.74) is 1.95. The van der Waals surface area contributed by atoms with Crippen molar-refractivity contribution >= 4 is 16.9 Å². The highest BCUT2D eigenvalue weighted by atomic mass is 16.3. The molecule has 102 valence electrons. The Hall–Kier alpha value is -2.03. The zero-order chi connectivity index (χ0) is 14.4. The lowest BCUT2D eigenvalue weighted by Gasteiger charge is -2.13. The fourth-order valence-corrected chi connectivity index (χ4v) is 1.82. The van der Waals surface area contributed by atoms with Crippen molar-refractivity contribution in [3.63, 3.8) is 0 Å². The first-order valence-corrected chi connectivity index (χ1v) is 6.48. The van der Waals surface area contributed by atoms with Gasteiger partial charge in [-0.15, -0.1) is 0 Å². The third kappa shape index (κ3) is 3.25. The van der Waals surface area contributed by atoms with Crippen LogP contribution in [-0.2, 0) is 11.3 Å². The van der Waals surface area contributed by atoms with Crippen LogP contribution < -0.4 is 0 Å². The second-order valence-electron chi connectivity index (χ2n) is 4.04. The molecule has 0 unspecified atom stereocenters. The molecule has 0 aliphatic heterocycles. The van der Waals surface area contributed by atoms with Gasteiger partial charge in [0.2, 0.25) is 5.91 Å². The first-order chi connectivity index (χ1) is 9.13. The van der Waals surface area contributed by atoms with Gasteiger partial charge in [-0.2, -0.15) is 0 Å². The summed E-state index contributed by atoms with van der Waals surface area (Å²) in [4.78, 5) is 13.0. The molecule has 2 rings (SSSR count). The van der Waals surface area contributed by atoms with Crippen molar-refractivity contribution < 1.29 is 9.21 Å². The molecule has 0 saturated heterocycles. The van der Waals surface area contributed by atoms with Gasteiger partial charge in [-0.25, -0.2) is 0 Å². The Morgan fingerprint density at radius 3 is 2.58 bits per heavy atom. The number of benzene rings is 1. The number of carbonyl (C=O) groups is 1. The SMILES string of the molecule is C=CC(=O)N(C)Cc1oc2ccccc2c1C.CC. The molecule has 1 heterocycles. The van der Waals surface area contributed by atoms with Gasteiger partial charge in [0.15, 0.2) is 0 Å². The van der Waals surface area contributed by atoms with Crippen LogP contribution in [0.1, 0.15) is 25.2 Å². The minimum Gasteiger partial charge on any atom is -0.459 e. The predicted molar refractivity (Wildman–Crippen MR) is 79.0 cm³/mol. The summed E-state index contributed by atoms with van der Waals surface area (Å²) < 4.78 is 5.74. The third-order valence-electron chi connectivity index (χ3n) is 2.87. The van der Waals surface area contributed by atoms with Gasteiger partial charge in [0.1, 0.15) is 11.3 Å². The van der Waals surface area contributed by atoms with Crippen molar-refractivity contribution in [3.8, 4) is 0 Å². The molecule has 3 nitrogen and oxygen atoms in total. The van der Waals surface area contributed by atoms with Crippen LogP contribution in [0.5, 0.6) is 0 Å². The Labute approximate surface area is 114 Å². The number of carbonyl (C=O) groups excluding carboxylic acids is 1. The van der Waals surface area contributed by atoms with Crippen LogP contribution in [-0.4, -0.2) is 17.9 Å². The van der Waals surface area contributed by atoms with Gasteiger partial charge in [-0.3, -0.25) is 4.79 Å². The van der Waals surface area contributed by atoms with Gasteiger partial charge >= 0.3 is 0 Å². The van der Waals surface area contributed by atoms with Crippen LogP contribution in [0.25, 0.3) is 11.0 Å². The Morgan fingerprint density at radius 2 is 2.00 bits per heavy atom. The summed E-state index contributed by atoms with van der Waals surface area (Å²) in [5, 5.41) is 1.10. The molecule has 0 aliphatic rings. The quantitative estimate of drug-likeness (QED) is 0.783. The molecular formula is C16H21NO2. The predicted octanol–water partition coefficient (Wildman–Crippen LogP) is 3.91. The average Bonchev–Trinajstić information content (AvgIpc) is 2.77. The zero-order valence-electron chi connectivity index (χ0n) is 12.1. The minimum atomic E-state index is -0.107. The highest BCUT2D eigenvalue weighted by Gasteiger charge is 2.13. The normalized spacial score (nSPS) is 9.68. The molecule has 0 saturated carbocycles. The number of hydrogen-bond donors (Lipinski definition) is 0. The maximum absolute atomic E-state index is 11.4. The summed E-state index contributed by atoms with van der Waals surface area (Å²) >= 11 is 0. The molecule has 0 N–H and O–H groups in total. The molecule has 2 aromatic rings. The Kier molecular flexibility index (Phi) is 5.37. The molecular weight excluding hydrogens is 238 g/mol. The lowest BCUT2D eigenvalue weighted by molar-refractivity contribution is -0.125. The number of para-hydroxylation sites is 1. The first-order valence-electron chi connectivity index (χ1n) is 6.48. The van der Waals surface area contributed by atoms with E-state index in [-0.39, 0.29) is 5.91 Å². The van der Waals surface area contributed by atoms with Crippen molar-refractivity contribution in [2.75, 3.05) is 7.05 Å². The van der Waals surface area contributed by atoms with E-state index >= 15 is 0 Å². The van der Waals surface area contributed by atoms with Crippen molar-refractivity contribution in [1.82, 2.24) is 4.90 Å². The fourth-order valence-electron chi connectivity index (χ4n) is 1.82. The highest BCUT2D eigenvalue weighted by molar-refractivity contribution is 5.87. The van der Waals surface area contributed by atoms with E-state index in [1.165, 1.54) is 6.08 Å². The molecule has 0 radical (unpaired) electrons. The summed E-state index contributed by atoms with van der Waals surface area (Å²) in [6.07, 6.45) is 1.30. The smallest absolute Gasteiger partial charge is 0.246 e. The molecule has 1 amide bonds. The molecule has 0 aliphatic carbocycles. The highest BCUT2D eigenvalue weighted by Crippen LogP contribution is 2.25. The van der Waals surface area contributed by atoms with Crippen LogP contribution in [0, 0.1) is 6.92 Å². The zero-order valence-corrected chi connectivity index (χ0v) is 12.1. The number of aryl methyl sites for hydroxylation is 1. The van der Waals surface area contributed by atoms with Crippen LogP contribution in [0.3, 0.4) is 0 Å². The van der Waals surface area contributed by atoms with Gasteiger partial charge in [-0.1, -0.05) is 38.6 Å². The summed E-state index contributed by atoms with van der Waals surface area (Å²) in [5.74, 6) is 0.716. The van der Waals surface area contributed by atoms with Crippen LogP contribution in [0.2, 0.25) is 0 Å². The maximum Gasteiger partial charge on any atom is 0.246 e. The Balaban J connectivity index is 0.000000861. The van der Waals surface area contributed by atoms with E-state index < -0.39 is 0 Å². The Bertz CT molecular complexity index is 569. The monoisotopic (exact) mass is 259 g/mol. The van der Waals surface area contributed by atoms with E-state index in [4.69, 9.17) is 4.42 Å². The van der Waals surface area contributed by atoms with Crippen molar-refractivity contribution in [2.45, 2.75) is 27.3 Å². The van der Waals surface area contributed by atoms with Gasteiger partial charge in [0.05, 0.1) is 6.54 Å². The second kappa shape index (κ2) is 6.78. The number of hydrogen-bond acceptors (Lipinski definition) is 2. The molecule has 0 bridgehead atoms. The van der Waals surface area contributed by atoms with Crippen molar-refractivity contribution in [1.29, 1.82) is 0 Å². The number of nitrogens with zero attached hydrogens (tertiary/aromatic N) is 1. The third-order valence-corrected chi connectivity index (χ3v) is 2.87. The van der Waals surface area contributed by atoms with E-state index in [1.807, 2.05) is 45.0 Å². The van der Waals surface area contributed by atoms with Gasteiger partial charge < -0.3 is 9.32 Å². The number of rotatable bonds is 3. The maximum atomic E-state index is 11.4. The van der Waals surface area contributed by atoms with Crippen LogP contribution in [0.15, 0.2) is 41.3 Å². The van der Waals surface area contributed by atoms with Gasteiger partial charge in [0, 0.05) is 18.0 Å². The lowest BCUT2D eigenvalue weighted by Crippen LogP contribution is -2.23. The number of likely N-dealkylation sites (N-methyl/N-ethyl adjacent to an activating group) is 1. The van der Waals surface area contributed by atoms with E-state index in [0.29, 0.717) is 6.54 Å². The molecule has 0 fully saturated rings. The van der Waals surface area contributed by atoms with Gasteiger partial charge in [0.25, 0.3) is 0 Å². The number of fused-ring (bicyclic) bond motifs is 1. The summed E-state index contributed by atoms with van der Waals surface area (Å²) in [6.45, 7) is 9.94. The number of furan rings is 1. The second-order valence-corrected chi connectivity index (χ2v) is 4.04. The summed E-state index contributed by atoms with van der Waals surface area (Å²) in [6, 6.07) is 7.87. The van der Waals surface area contributed by atoms with Crippen molar-refractivity contribution in [2.24, 2.45) is 0 Å². The van der Waals surface area contributed by atoms with E-state index in [2.05, 4.69) is 6.58 Å². The van der Waals surface area contributed by atoms with E-state index in [1.54, 1.807) is 11.9 Å². The molecule has 1 aromatic carbocycles. The average molecular weight is 259 g/mol. The largest absolute Gasteiger partial charge is 0.459 e. The minimum absolute atomic E-state index is 0.107. The van der Waals surface area contributed by atoms with Gasteiger partial charge in [-0.05, 0) is 19.1 Å². The molecule has 19 heavy (non-hydrogen) atoms. The first kappa shape index (κ1) is 15.0. The molecule has 1 aromatic heterocycles. The lowest BCUT2D eigenvalue weighted by atomic mass is 10.1. The van der Waals surface area contributed by atoms with Crippen LogP contribution in [0.4, 0.5) is 0 Å². The Morgan fingerprint density at radius 1 is 1.37 bits per heavy atom. The number of amides is 1. The van der Waals surface area contributed by atoms with E-state index in [0.717, 1.165) is 22.3 Å². The standard InChI is InChI=1S/C14H15NO2.C2H6/c1-4-14(16)15(3)9-13-10(2)11-7-5-6-8-12(11)17-13;1-2/h4-8H,1,9H2,2-3H3;1-2H3. The molecule has 3 heteroatoms. The van der Waals surface area contributed by atoms with Crippen LogP contribution >= 0.6 is 0 Å². The summed E-state index contributed by atoms with van der Waals surface area (Å²) in [7, 11) is 1.73.